The standard InChI is InChI=1S/C22H20O/c1-2-22(23)17-13-12-15-6-5-9-20(21(15)14-17)19-8-4-3-7-18(19)16-10-11-16/h2-9,12-14,16,23H,10-11H2,1H3. The van der Waals surface area contributed by atoms with E-state index in [9.17, 15) is 5.11 Å². The van der Waals surface area contributed by atoms with Crippen molar-refractivity contribution in [2.24, 2.45) is 0 Å². The van der Waals surface area contributed by atoms with E-state index in [-0.39, 0.29) is 0 Å². The molecule has 1 heteroatoms. The van der Waals surface area contributed by atoms with E-state index in [4.69, 9.17) is 0 Å². The molecule has 1 nitrogen and oxygen atoms in total. The number of fused-ring (bicyclic) bond motifs is 1. The molecule has 0 heterocycles. The van der Waals surface area contributed by atoms with Crippen LogP contribution in [0.1, 0.15) is 36.8 Å². The molecular formula is C22H20O. The number of hydrogen-bond donors (Lipinski definition) is 1. The molecule has 0 atom stereocenters. The molecule has 1 saturated carbocycles. The summed E-state index contributed by atoms with van der Waals surface area (Å²) in [5.74, 6) is 1.05. The number of aliphatic hydroxyl groups excluding tert-OH is 1. The van der Waals surface area contributed by atoms with Crippen molar-refractivity contribution in [1.29, 1.82) is 0 Å². The van der Waals surface area contributed by atoms with Crippen molar-refractivity contribution in [1.82, 2.24) is 0 Å². The van der Waals surface area contributed by atoms with E-state index in [2.05, 4.69) is 54.6 Å². The second-order valence-electron chi connectivity index (χ2n) is 6.28. The summed E-state index contributed by atoms with van der Waals surface area (Å²) in [5.41, 5.74) is 4.92. The number of allylic oxidation sites excluding steroid dienone is 1. The highest BCUT2D eigenvalue weighted by atomic mass is 16.3. The van der Waals surface area contributed by atoms with Gasteiger partial charge in [-0.05, 0) is 65.3 Å². The van der Waals surface area contributed by atoms with Crippen LogP contribution in [-0.4, -0.2) is 5.11 Å². The molecule has 1 aliphatic rings. The lowest BCUT2D eigenvalue weighted by molar-refractivity contribution is 0.511. The molecule has 23 heavy (non-hydrogen) atoms. The van der Waals surface area contributed by atoms with Gasteiger partial charge in [0, 0.05) is 5.56 Å². The highest BCUT2D eigenvalue weighted by Gasteiger charge is 2.26. The molecule has 0 unspecified atom stereocenters. The number of benzene rings is 3. The van der Waals surface area contributed by atoms with Crippen molar-refractivity contribution in [3.63, 3.8) is 0 Å². The van der Waals surface area contributed by atoms with Gasteiger partial charge in [0.2, 0.25) is 0 Å². The summed E-state index contributed by atoms with van der Waals surface area (Å²) >= 11 is 0. The van der Waals surface area contributed by atoms with Gasteiger partial charge in [-0.2, -0.15) is 0 Å². The molecule has 3 aromatic carbocycles. The van der Waals surface area contributed by atoms with Crippen LogP contribution in [0.3, 0.4) is 0 Å². The first-order valence-corrected chi connectivity index (χ1v) is 8.25. The van der Waals surface area contributed by atoms with Crippen molar-refractivity contribution in [3.8, 4) is 11.1 Å². The molecule has 4 rings (SSSR count). The summed E-state index contributed by atoms with van der Waals surface area (Å²) in [6.07, 6.45) is 4.33. The zero-order valence-electron chi connectivity index (χ0n) is 13.3. The van der Waals surface area contributed by atoms with Gasteiger partial charge in [0.1, 0.15) is 5.76 Å². The Morgan fingerprint density at radius 2 is 1.74 bits per heavy atom. The van der Waals surface area contributed by atoms with Crippen molar-refractivity contribution in [2.75, 3.05) is 0 Å². The van der Waals surface area contributed by atoms with Crippen molar-refractivity contribution >= 4 is 16.5 Å². The molecule has 1 aliphatic carbocycles. The molecule has 0 amide bonds. The predicted octanol–water partition coefficient (Wildman–Crippen LogP) is 6.30. The van der Waals surface area contributed by atoms with Gasteiger partial charge in [-0.1, -0.05) is 54.6 Å². The third-order valence-electron chi connectivity index (χ3n) is 4.72. The van der Waals surface area contributed by atoms with E-state index in [1.54, 1.807) is 6.08 Å². The van der Waals surface area contributed by atoms with E-state index in [1.165, 1.54) is 40.3 Å². The smallest absolute Gasteiger partial charge is 0.118 e. The summed E-state index contributed by atoms with van der Waals surface area (Å²) in [4.78, 5) is 0. The summed E-state index contributed by atoms with van der Waals surface area (Å²) in [7, 11) is 0. The van der Waals surface area contributed by atoms with Crippen molar-refractivity contribution in [3.05, 3.63) is 77.9 Å². The maximum absolute atomic E-state index is 10.1. The lowest BCUT2D eigenvalue weighted by Crippen LogP contribution is -1.90. The van der Waals surface area contributed by atoms with Gasteiger partial charge in [0.15, 0.2) is 0 Å². The van der Waals surface area contributed by atoms with Crippen LogP contribution < -0.4 is 0 Å². The SMILES string of the molecule is CC=C(O)c1ccc2cccc(-c3ccccc3C3CC3)c2c1. The monoisotopic (exact) mass is 300 g/mol. The Bertz CT molecular complexity index is 901. The maximum atomic E-state index is 10.1. The highest BCUT2D eigenvalue weighted by molar-refractivity contribution is 5.98. The molecule has 1 fully saturated rings. The van der Waals surface area contributed by atoms with Gasteiger partial charge < -0.3 is 5.11 Å². The largest absolute Gasteiger partial charge is 0.508 e. The lowest BCUT2D eigenvalue weighted by Gasteiger charge is -2.13. The minimum Gasteiger partial charge on any atom is -0.508 e. The fourth-order valence-corrected chi connectivity index (χ4v) is 3.33. The fraction of sp³-hybridized carbons (Fsp3) is 0.182. The second kappa shape index (κ2) is 5.58. The van der Waals surface area contributed by atoms with Gasteiger partial charge in [0.05, 0.1) is 0 Å². The first kappa shape index (κ1) is 14.1. The maximum Gasteiger partial charge on any atom is 0.118 e. The average Bonchev–Trinajstić information content (AvgIpc) is 3.45. The second-order valence-corrected chi connectivity index (χ2v) is 6.28. The Morgan fingerprint density at radius 1 is 0.957 bits per heavy atom. The van der Waals surface area contributed by atoms with Crippen LogP contribution >= 0.6 is 0 Å². The Kier molecular flexibility index (Phi) is 3.42. The van der Waals surface area contributed by atoms with Gasteiger partial charge in [-0.25, -0.2) is 0 Å². The Balaban J connectivity index is 1.96. The number of hydrogen-bond acceptors (Lipinski definition) is 1. The molecule has 0 aliphatic heterocycles. The van der Waals surface area contributed by atoms with Crippen LogP contribution in [0.25, 0.3) is 27.7 Å². The molecular weight excluding hydrogens is 280 g/mol. The quantitative estimate of drug-likeness (QED) is 0.562. The predicted molar refractivity (Wildman–Crippen MR) is 97.6 cm³/mol. The summed E-state index contributed by atoms with van der Waals surface area (Å²) < 4.78 is 0. The first-order chi connectivity index (χ1) is 11.3. The number of rotatable bonds is 3. The van der Waals surface area contributed by atoms with Crippen LogP contribution in [0.2, 0.25) is 0 Å². The zero-order valence-corrected chi connectivity index (χ0v) is 13.3. The van der Waals surface area contributed by atoms with Gasteiger partial charge in [-0.15, -0.1) is 0 Å². The van der Waals surface area contributed by atoms with E-state index in [0.717, 1.165) is 5.56 Å². The van der Waals surface area contributed by atoms with Crippen molar-refractivity contribution < 1.29 is 5.11 Å². The first-order valence-electron chi connectivity index (χ1n) is 8.25. The molecule has 0 radical (unpaired) electrons. The third kappa shape index (κ3) is 2.53. The highest BCUT2D eigenvalue weighted by Crippen LogP contribution is 2.45. The Hall–Kier alpha value is -2.54. The minimum atomic E-state index is 0.331. The molecule has 0 bridgehead atoms. The summed E-state index contributed by atoms with van der Waals surface area (Å²) in [6, 6.07) is 21.4. The van der Waals surface area contributed by atoms with Crippen LogP contribution in [0.4, 0.5) is 0 Å². The van der Waals surface area contributed by atoms with E-state index >= 15 is 0 Å². The summed E-state index contributed by atoms with van der Waals surface area (Å²) in [6.45, 7) is 1.85. The third-order valence-corrected chi connectivity index (χ3v) is 4.72. The van der Waals surface area contributed by atoms with Crippen molar-refractivity contribution in [2.45, 2.75) is 25.7 Å². The topological polar surface area (TPSA) is 20.2 Å². The van der Waals surface area contributed by atoms with E-state index in [0.29, 0.717) is 11.7 Å². The molecule has 0 spiro atoms. The minimum absolute atomic E-state index is 0.331. The van der Waals surface area contributed by atoms with Crippen LogP contribution in [0.15, 0.2) is 66.7 Å². The Labute approximate surface area is 136 Å². The molecule has 0 saturated heterocycles. The van der Waals surface area contributed by atoms with Gasteiger partial charge in [0.25, 0.3) is 0 Å². The molecule has 0 aromatic heterocycles. The van der Waals surface area contributed by atoms with Crippen LogP contribution in [-0.2, 0) is 0 Å². The normalized spacial score (nSPS) is 15.1. The van der Waals surface area contributed by atoms with Crippen LogP contribution in [0.5, 0.6) is 0 Å². The zero-order chi connectivity index (χ0) is 15.8. The van der Waals surface area contributed by atoms with E-state index in [1.807, 2.05) is 13.0 Å². The van der Waals surface area contributed by atoms with Crippen LogP contribution in [0, 0.1) is 0 Å². The fourth-order valence-electron chi connectivity index (χ4n) is 3.33. The average molecular weight is 300 g/mol. The molecule has 1 N–H and O–H groups in total. The van der Waals surface area contributed by atoms with E-state index < -0.39 is 0 Å². The molecule has 3 aromatic rings. The Morgan fingerprint density at radius 3 is 2.52 bits per heavy atom. The lowest BCUT2D eigenvalue weighted by atomic mass is 9.92. The molecule has 114 valence electrons. The summed E-state index contributed by atoms with van der Waals surface area (Å²) in [5, 5.41) is 12.5. The van der Waals surface area contributed by atoms with Gasteiger partial charge >= 0.3 is 0 Å². The van der Waals surface area contributed by atoms with Gasteiger partial charge in [-0.3, -0.25) is 0 Å². The number of aliphatic hydroxyl groups is 1.